The zero-order valence-electron chi connectivity index (χ0n) is 18.4. The minimum Gasteiger partial charge on any atom is -0.497 e. The lowest BCUT2D eigenvalue weighted by molar-refractivity contribution is -0.132. The third-order valence-electron chi connectivity index (χ3n) is 5.68. The average Bonchev–Trinajstić information content (AvgIpc) is 3.24. The molecule has 1 saturated heterocycles. The Morgan fingerprint density at radius 1 is 1.06 bits per heavy atom. The fraction of sp³-hybridized carbons (Fsp3) is 0.375. The van der Waals surface area contributed by atoms with E-state index in [4.69, 9.17) is 9.84 Å². The van der Waals surface area contributed by atoms with Gasteiger partial charge in [-0.05, 0) is 48.4 Å². The quantitative estimate of drug-likeness (QED) is 0.613. The number of methoxy groups -OCH3 is 1. The second kappa shape index (κ2) is 9.20. The van der Waals surface area contributed by atoms with Gasteiger partial charge in [-0.3, -0.25) is 9.48 Å². The van der Waals surface area contributed by atoms with Crippen LogP contribution in [0.25, 0.3) is 11.3 Å². The number of carbonyl (C=O) groups is 1. The van der Waals surface area contributed by atoms with Crippen molar-refractivity contribution < 1.29 is 9.53 Å². The molecule has 7 heteroatoms. The maximum Gasteiger partial charge on any atom is 0.244 e. The van der Waals surface area contributed by atoms with Gasteiger partial charge in [-0.25, -0.2) is 4.98 Å². The maximum atomic E-state index is 13.0. The van der Waals surface area contributed by atoms with Crippen LogP contribution in [0.3, 0.4) is 0 Å². The van der Waals surface area contributed by atoms with Crippen molar-refractivity contribution in [3.8, 4) is 17.0 Å². The predicted octanol–water partition coefficient (Wildman–Crippen LogP) is 3.43. The zero-order valence-corrected chi connectivity index (χ0v) is 18.4. The fourth-order valence-corrected chi connectivity index (χ4v) is 3.88. The molecule has 162 valence electrons. The molecule has 1 fully saturated rings. The van der Waals surface area contributed by atoms with Crippen molar-refractivity contribution in [2.75, 3.05) is 38.2 Å². The van der Waals surface area contributed by atoms with Crippen molar-refractivity contribution in [3.05, 3.63) is 60.4 Å². The molecule has 1 amide bonds. The summed E-state index contributed by atoms with van der Waals surface area (Å²) in [7, 11) is 1.66. The SMILES string of the molecule is COc1ccc(-c2cc(C(C)C)n(CC(=O)N3CCN(c4ccccn4)CC3)n2)cc1. The van der Waals surface area contributed by atoms with Gasteiger partial charge >= 0.3 is 0 Å². The van der Waals surface area contributed by atoms with E-state index in [1.807, 2.05) is 52.0 Å². The highest BCUT2D eigenvalue weighted by Gasteiger charge is 2.23. The molecule has 31 heavy (non-hydrogen) atoms. The standard InChI is InChI=1S/C24H29N5O2/c1-18(2)22-16-21(19-7-9-20(31-3)10-8-19)26-29(22)17-24(30)28-14-12-27(13-15-28)23-6-4-5-11-25-23/h4-11,16,18H,12-15,17H2,1-3H3. The zero-order chi connectivity index (χ0) is 21.8. The van der Waals surface area contributed by atoms with E-state index in [-0.39, 0.29) is 18.4 Å². The predicted molar refractivity (Wildman–Crippen MR) is 121 cm³/mol. The van der Waals surface area contributed by atoms with Crippen LogP contribution in [0.1, 0.15) is 25.5 Å². The lowest BCUT2D eigenvalue weighted by atomic mass is 10.1. The van der Waals surface area contributed by atoms with Crippen LogP contribution in [0.4, 0.5) is 5.82 Å². The summed E-state index contributed by atoms with van der Waals surface area (Å²) in [6.45, 7) is 7.47. The molecule has 3 heterocycles. The van der Waals surface area contributed by atoms with E-state index in [2.05, 4.69) is 29.8 Å². The number of carbonyl (C=O) groups excluding carboxylic acids is 1. The summed E-state index contributed by atoms with van der Waals surface area (Å²) in [5.41, 5.74) is 2.95. The van der Waals surface area contributed by atoms with E-state index < -0.39 is 0 Å². The molecule has 0 radical (unpaired) electrons. The summed E-state index contributed by atoms with van der Waals surface area (Å²) in [4.78, 5) is 21.6. The summed E-state index contributed by atoms with van der Waals surface area (Å²) in [6, 6.07) is 15.8. The second-order valence-electron chi connectivity index (χ2n) is 8.05. The monoisotopic (exact) mass is 419 g/mol. The summed E-state index contributed by atoms with van der Waals surface area (Å²) in [5, 5.41) is 4.76. The van der Waals surface area contributed by atoms with Gasteiger partial charge < -0.3 is 14.5 Å². The molecule has 7 nitrogen and oxygen atoms in total. The minimum absolute atomic E-state index is 0.104. The highest BCUT2D eigenvalue weighted by molar-refractivity contribution is 5.76. The molecular weight excluding hydrogens is 390 g/mol. The van der Waals surface area contributed by atoms with Gasteiger partial charge in [0.2, 0.25) is 5.91 Å². The molecular formula is C24H29N5O2. The minimum atomic E-state index is 0.104. The third-order valence-corrected chi connectivity index (χ3v) is 5.68. The van der Waals surface area contributed by atoms with Crippen molar-refractivity contribution in [2.24, 2.45) is 0 Å². The van der Waals surface area contributed by atoms with Gasteiger partial charge in [-0.1, -0.05) is 19.9 Å². The van der Waals surface area contributed by atoms with Gasteiger partial charge in [0, 0.05) is 43.6 Å². The Bertz CT molecular complexity index is 1010. The van der Waals surface area contributed by atoms with E-state index in [0.717, 1.165) is 41.6 Å². The fourth-order valence-electron chi connectivity index (χ4n) is 3.88. The molecule has 1 aliphatic rings. The van der Waals surface area contributed by atoms with Crippen LogP contribution in [0.5, 0.6) is 5.75 Å². The normalized spacial score (nSPS) is 14.2. The van der Waals surface area contributed by atoms with Crippen LogP contribution in [0, 0.1) is 0 Å². The largest absolute Gasteiger partial charge is 0.497 e. The lowest BCUT2D eigenvalue weighted by Gasteiger charge is -2.35. The third kappa shape index (κ3) is 4.71. The van der Waals surface area contributed by atoms with Crippen LogP contribution in [0.2, 0.25) is 0 Å². The molecule has 0 bridgehead atoms. The number of aromatic nitrogens is 3. The van der Waals surface area contributed by atoms with Crippen LogP contribution >= 0.6 is 0 Å². The van der Waals surface area contributed by atoms with E-state index in [1.54, 1.807) is 13.3 Å². The van der Waals surface area contributed by atoms with E-state index in [1.165, 1.54) is 0 Å². The first-order valence-electron chi connectivity index (χ1n) is 10.7. The van der Waals surface area contributed by atoms with Gasteiger partial charge in [0.15, 0.2) is 0 Å². The Labute approximate surface area is 183 Å². The van der Waals surface area contributed by atoms with Crippen LogP contribution in [0.15, 0.2) is 54.7 Å². The highest BCUT2D eigenvalue weighted by Crippen LogP contribution is 2.25. The van der Waals surface area contributed by atoms with Crippen molar-refractivity contribution in [1.29, 1.82) is 0 Å². The molecule has 0 atom stereocenters. The molecule has 0 unspecified atom stereocenters. The van der Waals surface area contributed by atoms with Crippen molar-refractivity contribution in [1.82, 2.24) is 19.7 Å². The Balaban J connectivity index is 1.44. The molecule has 4 rings (SSSR count). The topological polar surface area (TPSA) is 63.5 Å². The first kappa shape index (κ1) is 20.9. The molecule has 1 aromatic carbocycles. The number of benzene rings is 1. The van der Waals surface area contributed by atoms with Crippen LogP contribution in [-0.2, 0) is 11.3 Å². The molecule has 0 saturated carbocycles. The Morgan fingerprint density at radius 3 is 2.42 bits per heavy atom. The number of rotatable bonds is 6. The molecule has 3 aromatic rings. The van der Waals surface area contributed by atoms with Gasteiger partial charge in [0.25, 0.3) is 0 Å². The summed E-state index contributed by atoms with van der Waals surface area (Å²) in [5.74, 6) is 2.15. The number of hydrogen-bond donors (Lipinski definition) is 0. The molecule has 2 aromatic heterocycles. The smallest absolute Gasteiger partial charge is 0.244 e. The number of hydrogen-bond acceptors (Lipinski definition) is 5. The summed E-state index contributed by atoms with van der Waals surface area (Å²) < 4.78 is 7.10. The van der Waals surface area contributed by atoms with Crippen molar-refractivity contribution in [2.45, 2.75) is 26.3 Å². The van der Waals surface area contributed by atoms with E-state index >= 15 is 0 Å². The summed E-state index contributed by atoms with van der Waals surface area (Å²) in [6.07, 6.45) is 1.80. The molecule has 1 aliphatic heterocycles. The summed E-state index contributed by atoms with van der Waals surface area (Å²) >= 11 is 0. The first-order valence-corrected chi connectivity index (χ1v) is 10.7. The van der Waals surface area contributed by atoms with Gasteiger partial charge in [0.05, 0.1) is 12.8 Å². The number of piperazine rings is 1. The highest BCUT2D eigenvalue weighted by atomic mass is 16.5. The van der Waals surface area contributed by atoms with Crippen molar-refractivity contribution in [3.63, 3.8) is 0 Å². The first-order chi connectivity index (χ1) is 15.0. The lowest BCUT2D eigenvalue weighted by Crippen LogP contribution is -2.50. The molecule has 0 spiro atoms. The van der Waals surface area contributed by atoms with Crippen LogP contribution < -0.4 is 9.64 Å². The van der Waals surface area contributed by atoms with E-state index in [9.17, 15) is 4.79 Å². The van der Waals surface area contributed by atoms with E-state index in [0.29, 0.717) is 13.1 Å². The number of nitrogens with zero attached hydrogens (tertiary/aromatic N) is 5. The van der Waals surface area contributed by atoms with Gasteiger partial charge in [-0.15, -0.1) is 0 Å². The number of anilines is 1. The van der Waals surface area contributed by atoms with Crippen LogP contribution in [-0.4, -0.2) is 58.9 Å². The Hall–Kier alpha value is -3.35. The van der Waals surface area contributed by atoms with Gasteiger partial charge in [-0.2, -0.15) is 5.10 Å². The average molecular weight is 420 g/mol. The molecule has 0 aliphatic carbocycles. The Morgan fingerprint density at radius 2 is 1.81 bits per heavy atom. The number of amides is 1. The Kier molecular flexibility index (Phi) is 6.21. The number of pyridine rings is 1. The maximum absolute atomic E-state index is 13.0. The van der Waals surface area contributed by atoms with Gasteiger partial charge in [0.1, 0.15) is 18.1 Å². The molecule has 0 N–H and O–H groups in total. The number of ether oxygens (including phenoxy) is 1. The second-order valence-corrected chi connectivity index (χ2v) is 8.05. The van der Waals surface area contributed by atoms with Crippen molar-refractivity contribution >= 4 is 11.7 Å².